The Bertz CT molecular complexity index is 683. The number of likely N-dealkylation sites (tertiary alicyclic amines) is 2. The summed E-state index contributed by atoms with van der Waals surface area (Å²) in [5.74, 6) is -1.45. The van der Waals surface area contributed by atoms with Crippen molar-refractivity contribution < 1.29 is 23.9 Å². The molecule has 2 heterocycles. The molecule has 2 saturated heterocycles. The zero-order chi connectivity index (χ0) is 21.3. The van der Waals surface area contributed by atoms with Crippen molar-refractivity contribution in [3.05, 3.63) is 0 Å². The van der Waals surface area contributed by atoms with Gasteiger partial charge in [-0.25, -0.2) is 4.79 Å². The van der Waals surface area contributed by atoms with Crippen LogP contribution in [0, 0.1) is 11.8 Å². The van der Waals surface area contributed by atoms with Gasteiger partial charge in [0.05, 0.1) is 0 Å². The van der Waals surface area contributed by atoms with E-state index < -0.39 is 29.7 Å². The Balaban J connectivity index is 1.73. The summed E-state index contributed by atoms with van der Waals surface area (Å²) in [5, 5.41) is 2.67. The number of primary amides is 1. The van der Waals surface area contributed by atoms with Crippen LogP contribution in [0.2, 0.25) is 0 Å². The summed E-state index contributed by atoms with van der Waals surface area (Å²) in [6.45, 7) is 7.12. The predicted octanol–water partition coefficient (Wildman–Crippen LogP) is 0.615. The number of hydrogen-bond acceptors (Lipinski definition) is 5. The summed E-state index contributed by atoms with van der Waals surface area (Å²) in [6, 6.07) is -1.57. The minimum Gasteiger partial charge on any atom is -0.444 e. The zero-order valence-electron chi connectivity index (χ0n) is 17.5. The van der Waals surface area contributed by atoms with Crippen molar-refractivity contribution in [2.75, 3.05) is 19.6 Å². The van der Waals surface area contributed by atoms with Crippen LogP contribution in [0.1, 0.15) is 52.9 Å². The van der Waals surface area contributed by atoms with Gasteiger partial charge in [-0.1, -0.05) is 0 Å². The normalized spacial score (nSPS) is 27.5. The Morgan fingerprint density at radius 2 is 1.72 bits per heavy atom. The first-order chi connectivity index (χ1) is 13.6. The van der Waals surface area contributed by atoms with Gasteiger partial charge in [-0.2, -0.15) is 0 Å². The lowest BCUT2D eigenvalue weighted by Crippen LogP contribution is -2.54. The van der Waals surface area contributed by atoms with Crippen LogP contribution in [-0.4, -0.2) is 70.9 Å². The lowest BCUT2D eigenvalue weighted by molar-refractivity contribution is -0.139. The van der Waals surface area contributed by atoms with E-state index in [1.165, 1.54) is 4.90 Å². The molecule has 3 fully saturated rings. The topological polar surface area (TPSA) is 122 Å². The summed E-state index contributed by atoms with van der Waals surface area (Å²) in [7, 11) is 0. The number of nitrogens with two attached hydrogens (primary N) is 1. The minimum atomic E-state index is -0.902. The van der Waals surface area contributed by atoms with Crippen LogP contribution in [0.25, 0.3) is 0 Å². The molecule has 3 rings (SSSR count). The molecular weight excluding hydrogens is 376 g/mol. The summed E-state index contributed by atoms with van der Waals surface area (Å²) >= 11 is 0. The maximum absolute atomic E-state index is 13.3. The van der Waals surface area contributed by atoms with E-state index in [1.54, 1.807) is 20.8 Å². The number of nitrogens with zero attached hydrogens (tertiary/aromatic N) is 2. The van der Waals surface area contributed by atoms with Gasteiger partial charge in [0.15, 0.2) is 0 Å². The molecule has 0 spiro atoms. The lowest BCUT2D eigenvalue weighted by atomic mass is 10.1. The molecule has 0 bridgehead atoms. The first-order valence-electron chi connectivity index (χ1n) is 10.5. The van der Waals surface area contributed by atoms with Crippen molar-refractivity contribution in [3.63, 3.8) is 0 Å². The van der Waals surface area contributed by atoms with E-state index in [0.29, 0.717) is 25.8 Å². The smallest absolute Gasteiger partial charge is 0.408 e. The Morgan fingerprint density at radius 3 is 2.31 bits per heavy atom. The number of carbonyl (C=O) groups excluding carboxylic acids is 4. The fourth-order valence-corrected chi connectivity index (χ4v) is 4.33. The summed E-state index contributed by atoms with van der Waals surface area (Å²) in [6.07, 6.45) is 3.02. The van der Waals surface area contributed by atoms with Gasteiger partial charge in [0.25, 0.3) is 0 Å². The van der Waals surface area contributed by atoms with Crippen LogP contribution in [-0.2, 0) is 19.1 Å². The number of amides is 4. The summed E-state index contributed by atoms with van der Waals surface area (Å²) in [5.41, 5.74) is 4.74. The van der Waals surface area contributed by atoms with Gasteiger partial charge in [0, 0.05) is 31.5 Å². The monoisotopic (exact) mass is 408 g/mol. The third-order valence-corrected chi connectivity index (χ3v) is 5.81. The van der Waals surface area contributed by atoms with Crippen molar-refractivity contribution in [3.8, 4) is 0 Å². The van der Waals surface area contributed by atoms with E-state index in [9.17, 15) is 19.2 Å². The molecule has 2 aliphatic heterocycles. The molecule has 162 valence electrons. The van der Waals surface area contributed by atoms with Gasteiger partial charge >= 0.3 is 6.09 Å². The molecule has 9 nitrogen and oxygen atoms in total. The van der Waals surface area contributed by atoms with Crippen molar-refractivity contribution in [2.45, 2.75) is 70.6 Å². The Labute approximate surface area is 171 Å². The number of hydrogen-bond donors (Lipinski definition) is 2. The van der Waals surface area contributed by atoms with Gasteiger partial charge in [0.2, 0.25) is 17.7 Å². The molecule has 1 saturated carbocycles. The molecule has 0 aromatic heterocycles. The van der Waals surface area contributed by atoms with Gasteiger partial charge in [-0.3, -0.25) is 14.4 Å². The number of alkyl carbamates (subject to hydrolysis) is 1. The molecule has 9 heteroatoms. The van der Waals surface area contributed by atoms with Crippen LogP contribution in [0.3, 0.4) is 0 Å². The van der Waals surface area contributed by atoms with E-state index in [1.807, 2.05) is 4.90 Å². The molecule has 3 N–H and O–H groups in total. The van der Waals surface area contributed by atoms with Crippen LogP contribution < -0.4 is 11.1 Å². The van der Waals surface area contributed by atoms with Crippen molar-refractivity contribution in [2.24, 2.45) is 17.6 Å². The van der Waals surface area contributed by atoms with E-state index in [-0.39, 0.29) is 23.7 Å². The fourth-order valence-electron chi connectivity index (χ4n) is 4.33. The molecule has 29 heavy (non-hydrogen) atoms. The maximum Gasteiger partial charge on any atom is 0.408 e. The quantitative estimate of drug-likeness (QED) is 0.690. The molecule has 1 unspecified atom stereocenters. The molecule has 0 aromatic rings. The average molecular weight is 408 g/mol. The van der Waals surface area contributed by atoms with Gasteiger partial charge in [0.1, 0.15) is 17.7 Å². The highest BCUT2D eigenvalue weighted by Crippen LogP contribution is 2.44. The molecule has 0 aromatic carbocycles. The van der Waals surface area contributed by atoms with E-state index in [0.717, 1.165) is 25.9 Å². The SMILES string of the molecule is CC(C)(C)OC(=O)N[C@H](C(=O)N1CCCC1C(N)=O)[C@H]1C[C@@H]1C(=O)N1CCCC1. The number of ether oxygens (including phenoxy) is 1. The van der Waals surface area contributed by atoms with Crippen LogP contribution in [0.4, 0.5) is 4.79 Å². The van der Waals surface area contributed by atoms with Crippen molar-refractivity contribution in [1.29, 1.82) is 0 Å². The Hall–Kier alpha value is -2.32. The predicted molar refractivity (Wildman–Crippen MR) is 104 cm³/mol. The van der Waals surface area contributed by atoms with Gasteiger partial charge < -0.3 is 25.6 Å². The van der Waals surface area contributed by atoms with E-state index >= 15 is 0 Å². The molecule has 0 radical (unpaired) electrons. The first-order valence-corrected chi connectivity index (χ1v) is 10.5. The Kier molecular flexibility index (Phi) is 6.05. The molecule has 3 aliphatic rings. The van der Waals surface area contributed by atoms with Gasteiger partial charge in [-0.05, 0) is 52.9 Å². The average Bonchev–Trinajstić information content (AvgIpc) is 3.03. The molecule has 1 aliphatic carbocycles. The third-order valence-electron chi connectivity index (χ3n) is 5.81. The fraction of sp³-hybridized carbons (Fsp3) is 0.800. The van der Waals surface area contributed by atoms with Crippen LogP contribution in [0.5, 0.6) is 0 Å². The maximum atomic E-state index is 13.3. The van der Waals surface area contributed by atoms with Crippen LogP contribution >= 0.6 is 0 Å². The van der Waals surface area contributed by atoms with E-state index in [2.05, 4.69) is 5.32 Å². The molecular formula is C20H32N4O5. The second-order valence-corrected chi connectivity index (χ2v) is 9.25. The summed E-state index contributed by atoms with van der Waals surface area (Å²) in [4.78, 5) is 53.4. The summed E-state index contributed by atoms with van der Waals surface area (Å²) < 4.78 is 5.32. The third kappa shape index (κ3) is 5.00. The molecule has 4 atom stereocenters. The Morgan fingerprint density at radius 1 is 1.07 bits per heavy atom. The standard InChI is InChI=1S/C20H32N4O5/c1-20(2,3)29-19(28)22-15(18(27)24-10-6-7-14(24)16(21)25)12-11-13(12)17(26)23-8-4-5-9-23/h12-15H,4-11H2,1-3H3,(H2,21,25)(H,22,28)/t12-,13-,14?,15-/m0/s1. The number of rotatable bonds is 5. The number of nitrogens with one attached hydrogen (secondary N) is 1. The lowest BCUT2D eigenvalue weighted by Gasteiger charge is -2.29. The highest BCUT2D eigenvalue weighted by atomic mass is 16.6. The van der Waals surface area contributed by atoms with Crippen molar-refractivity contribution >= 4 is 23.8 Å². The van der Waals surface area contributed by atoms with Crippen molar-refractivity contribution in [1.82, 2.24) is 15.1 Å². The van der Waals surface area contributed by atoms with E-state index in [4.69, 9.17) is 10.5 Å². The highest BCUT2D eigenvalue weighted by molar-refractivity contribution is 5.93. The highest BCUT2D eigenvalue weighted by Gasteiger charge is 2.54. The van der Waals surface area contributed by atoms with Crippen LogP contribution in [0.15, 0.2) is 0 Å². The van der Waals surface area contributed by atoms with Gasteiger partial charge in [-0.15, -0.1) is 0 Å². The molecule has 4 amide bonds. The second kappa shape index (κ2) is 8.20. The largest absolute Gasteiger partial charge is 0.444 e. The minimum absolute atomic E-state index is 0.0455. The first kappa shape index (κ1) is 21.4. The second-order valence-electron chi connectivity index (χ2n) is 9.25. The number of carbonyl (C=O) groups is 4. The zero-order valence-corrected chi connectivity index (χ0v) is 17.5.